The molecule has 1 amide bonds. The number of anilines is 1. The fraction of sp³-hybridized carbons (Fsp3) is 0.353. The third-order valence-corrected chi connectivity index (χ3v) is 4.03. The van der Waals surface area contributed by atoms with Gasteiger partial charge >= 0.3 is 5.97 Å². The van der Waals surface area contributed by atoms with Gasteiger partial charge in [0.1, 0.15) is 5.75 Å². The average Bonchev–Trinajstić information content (AvgIpc) is 3.03. The minimum Gasteiger partial charge on any atom is -0.479 e. The van der Waals surface area contributed by atoms with Crippen molar-refractivity contribution in [3.8, 4) is 5.75 Å². The maximum atomic E-state index is 12.4. The van der Waals surface area contributed by atoms with Crippen LogP contribution in [0, 0.1) is 0 Å². The van der Waals surface area contributed by atoms with E-state index in [1.807, 2.05) is 6.92 Å². The number of halogens is 1. The van der Waals surface area contributed by atoms with Gasteiger partial charge in [0.25, 0.3) is 5.91 Å². The SMILES string of the molecule is CCC(Oc1ccccc1Cl)C(=O)Nc1cnn(C(C)(C)C(=O)O)c1. The van der Waals surface area contributed by atoms with Gasteiger partial charge in [0.05, 0.1) is 16.9 Å². The Morgan fingerprint density at radius 2 is 2.08 bits per heavy atom. The molecule has 0 bridgehead atoms. The van der Waals surface area contributed by atoms with E-state index in [-0.39, 0.29) is 5.91 Å². The Bertz CT molecular complexity index is 773. The molecule has 0 spiro atoms. The van der Waals surface area contributed by atoms with Crippen LogP contribution in [-0.4, -0.2) is 32.9 Å². The quantitative estimate of drug-likeness (QED) is 0.786. The molecule has 1 unspecified atom stereocenters. The minimum absolute atomic E-state index is 0.366. The van der Waals surface area contributed by atoms with Crippen molar-refractivity contribution in [3.05, 3.63) is 41.7 Å². The summed E-state index contributed by atoms with van der Waals surface area (Å²) in [5.74, 6) is -0.967. The molecule has 0 aliphatic heterocycles. The fourth-order valence-electron chi connectivity index (χ4n) is 2.03. The molecular weight excluding hydrogens is 346 g/mol. The molecule has 1 aromatic heterocycles. The van der Waals surface area contributed by atoms with Crippen LogP contribution in [0.15, 0.2) is 36.7 Å². The Morgan fingerprint density at radius 1 is 1.40 bits per heavy atom. The minimum atomic E-state index is -1.22. The van der Waals surface area contributed by atoms with Gasteiger partial charge in [-0.2, -0.15) is 5.10 Å². The first kappa shape index (κ1) is 18.8. The number of amides is 1. The molecule has 0 fully saturated rings. The second-order valence-corrected chi connectivity index (χ2v) is 6.38. The van der Waals surface area contributed by atoms with Crippen molar-refractivity contribution in [1.82, 2.24) is 9.78 Å². The van der Waals surface area contributed by atoms with Crippen molar-refractivity contribution in [3.63, 3.8) is 0 Å². The summed E-state index contributed by atoms with van der Waals surface area (Å²) in [6.45, 7) is 4.85. The molecule has 25 heavy (non-hydrogen) atoms. The number of hydrogen-bond acceptors (Lipinski definition) is 4. The van der Waals surface area contributed by atoms with Crippen LogP contribution in [0.25, 0.3) is 0 Å². The molecule has 0 saturated heterocycles. The van der Waals surface area contributed by atoms with Crippen molar-refractivity contribution in [2.45, 2.75) is 38.8 Å². The highest BCUT2D eigenvalue weighted by molar-refractivity contribution is 6.32. The van der Waals surface area contributed by atoms with Crippen molar-refractivity contribution in [2.24, 2.45) is 0 Å². The Hall–Kier alpha value is -2.54. The van der Waals surface area contributed by atoms with Gasteiger partial charge in [-0.05, 0) is 32.4 Å². The maximum Gasteiger partial charge on any atom is 0.331 e. The summed E-state index contributed by atoms with van der Waals surface area (Å²) in [6, 6.07) is 6.91. The molecule has 2 aromatic rings. The molecule has 0 aliphatic rings. The predicted octanol–water partition coefficient (Wildman–Crippen LogP) is 3.15. The van der Waals surface area contributed by atoms with Crippen LogP contribution in [0.5, 0.6) is 5.75 Å². The summed E-state index contributed by atoms with van der Waals surface area (Å²) in [4.78, 5) is 23.7. The van der Waals surface area contributed by atoms with Crippen LogP contribution < -0.4 is 10.1 Å². The number of carbonyl (C=O) groups is 2. The summed E-state index contributed by atoms with van der Waals surface area (Å²) in [6.07, 6.45) is 2.56. The molecule has 1 aromatic carbocycles. The van der Waals surface area contributed by atoms with E-state index in [4.69, 9.17) is 16.3 Å². The Balaban J connectivity index is 2.09. The molecule has 7 nitrogen and oxygen atoms in total. The van der Waals surface area contributed by atoms with Crippen LogP contribution in [0.2, 0.25) is 5.02 Å². The van der Waals surface area contributed by atoms with E-state index in [9.17, 15) is 14.7 Å². The molecule has 1 heterocycles. The molecule has 2 N–H and O–H groups in total. The summed E-state index contributed by atoms with van der Waals surface area (Å²) in [5.41, 5.74) is -0.832. The van der Waals surface area contributed by atoms with Crippen molar-refractivity contribution < 1.29 is 19.4 Å². The van der Waals surface area contributed by atoms with Gasteiger partial charge in [-0.15, -0.1) is 0 Å². The summed E-state index contributed by atoms with van der Waals surface area (Å²) >= 11 is 6.05. The number of nitrogens with zero attached hydrogens (tertiary/aromatic N) is 2. The third-order valence-electron chi connectivity index (χ3n) is 3.72. The largest absolute Gasteiger partial charge is 0.479 e. The maximum absolute atomic E-state index is 12.4. The lowest BCUT2D eigenvalue weighted by Crippen LogP contribution is -2.36. The Kier molecular flexibility index (Phi) is 5.69. The van der Waals surface area contributed by atoms with Gasteiger partial charge in [0, 0.05) is 6.20 Å². The highest BCUT2D eigenvalue weighted by Gasteiger charge is 2.30. The number of nitrogens with one attached hydrogen (secondary N) is 1. The normalized spacial score (nSPS) is 12.5. The second kappa shape index (κ2) is 7.57. The number of rotatable bonds is 7. The lowest BCUT2D eigenvalue weighted by atomic mass is 10.1. The van der Waals surface area contributed by atoms with Gasteiger partial charge in [-0.3, -0.25) is 9.48 Å². The summed E-state index contributed by atoms with van der Waals surface area (Å²) in [7, 11) is 0. The number of carboxylic acid groups (broad SMARTS) is 1. The smallest absolute Gasteiger partial charge is 0.331 e. The number of aromatic nitrogens is 2. The molecule has 134 valence electrons. The molecule has 8 heteroatoms. The van der Waals surface area contributed by atoms with Crippen molar-refractivity contribution in [1.29, 1.82) is 0 Å². The van der Waals surface area contributed by atoms with E-state index >= 15 is 0 Å². The van der Waals surface area contributed by atoms with Gasteiger partial charge in [0.15, 0.2) is 11.6 Å². The first-order chi connectivity index (χ1) is 11.8. The first-order valence-electron chi connectivity index (χ1n) is 7.76. The van der Waals surface area contributed by atoms with Crippen molar-refractivity contribution in [2.75, 3.05) is 5.32 Å². The van der Waals surface area contributed by atoms with Gasteiger partial charge in [-0.1, -0.05) is 30.7 Å². The molecule has 0 radical (unpaired) electrons. The Morgan fingerprint density at radius 3 is 2.68 bits per heavy atom. The standard InChI is InChI=1S/C17H20ClN3O4/c1-4-13(25-14-8-6-5-7-12(14)18)15(22)20-11-9-19-21(10-11)17(2,3)16(23)24/h5-10,13H,4H2,1-3H3,(H,20,22)(H,23,24). The number of carboxylic acids is 1. The number of ether oxygens (including phenoxy) is 1. The van der Waals surface area contributed by atoms with Crippen LogP contribution in [0.3, 0.4) is 0 Å². The van der Waals surface area contributed by atoms with Gasteiger partial charge < -0.3 is 15.2 Å². The van der Waals surface area contributed by atoms with Gasteiger partial charge in [0.2, 0.25) is 0 Å². The summed E-state index contributed by atoms with van der Waals surface area (Å²) < 4.78 is 6.95. The zero-order chi connectivity index (χ0) is 18.6. The van der Waals surface area contributed by atoms with E-state index in [0.717, 1.165) is 0 Å². The number of hydrogen-bond donors (Lipinski definition) is 2. The lowest BCUT2D eigenvalue weighted by molar-refractivity contribution is -0.146. The second-order valence-electron chi connectivity index (χ2n) is 5.97. The average molecular weight is 366 g/mol. The molecule has 2 rings (SSSR count). The first-order valence-corrected chi connectivity index (χ1v) is 8.14. The number of carbonyl (C=O) groups excluding carboxylic acids is 1. The zero-order valence-electron chi connectivity index (χ0n) is 14.2. The number of benzene rings is 1. The van der Waals surface area contributed by atoms with E-state index < -0.39 is 17.6 Å². The molecule has 0 saturated carbocycles. The highest BCUT2D eigenvalue weighted by Crippen LogP contribution is 2.25. The lowest BCUT2D eigenvalue weighted by Gasteiger charge is -2.19. The predicted molar refractivity (Wildman–Crippen MR) is 94.0 cm³/mol. The van der Waals surface area contributed by atoms with Crippen LogP contribution >= 0.6 is 11.6 Å². The van der Waals surface area contributed by atoms with Gasteiger partial charge in [-0.25, -0.2) is 4.79 Å². The Labute approximate surface area is 150 Å². The van der Waals surface area contributed by atoms with E-state index in [2.05, 4.69) is 10.4 Å². The number of aliphatic carboxylic acids is 1. The van der Waals surface area contributed by atoms with Crippen LogP contribution in [0.1, 0.15) is 27.2 Å². The summed E-state index contributed by atoms with van der Waals surface area (Å²) in [5, 5.41) is 16.3. The van der Waals surface area contributed by atoms with E-state index in [1.165, 1.54) is 30.9 Å². The molecule has 1 atom stereocenters. The molecule has 0 aliphatic carbocycles. The molecular formula is C17H20ClN3O4. The van der Waals surface area contributed by atoms with E-state index in [0.29, 0.717) is 22.9 Å². The van der Waals surface area contributed by atoms with E-state index in [1.54, 1.807) is 24.3 Å². The van der Waals surface area contributed by atoms with Crippen molar-refractivity contribution >= 4 is 29.2 Å². The fourth-order valence-corrected chi connectivity index (χ4v) is 2.21. The monoisotopic (exact) mass is 365 g/mol. The zero-order valence-corrected chi connectivity index (χ0v) is 14.9. The van der Waals surface area contributed by atoms with Crippen LogP contribution in [0.4, 0.5) is 5.69 Å². The third kappa shape index (κ3) is 4.30. The number of para-hydroxylation sites is 1. The van der Waals surface area contributed by atoms with Crippen LogP contribution in [-0.2, 0) is 15.1 Å². The topological polar surface area (TPSA) is 93.5 Å². The highest BCUT2D eigenvalue weighted by atomic mass is 35.5.